The first kappa shape index (κ1) is 39.3. The van der Waals surface area contributed by atoms with Gasteiger partial charge in [-0.1, -0.05) is 218 Å². The predicted molar refractivity (Wildman–Crippen MR) is 294 cm³/mol. The predicted octanol–water partition coefficient (Wildman–Crippen LogP) is 16.8. The third-order valence-electron chi connectivity index (χ3n) is 15.8. The van der Waals surface area contributed by atoms with E-state index in [2.05, 4.69) is 247 Å². The molecule has 0 amide bonds. The first-order valence-electron chi connectivity index (χ1n) is 24.8. The van der Waals surface area contributed by atoms with Gasteiger partial charge in [0.05, 0.1) is 22.1 Å². The summed E-state index contributed by atoms with van der Waals surface area (Å²) in [6.07, 6.45) is 0. The summed E-state index contributed by atoms with van der Waals surface area (Å²) >= 11 is 0. The molecule has 3 aliphatic rings. The van der Waals surface area contributed by atoms with Crippen molar-refractivity contribution in [2.24, 2.45) is 0 Å². The summed E-state index contributed by atoms with van der Waals surface area (Å²) in [4.78, 5) is 16.1. The van der Waals surface area contributed by atoms with Crippen LogP contribution in [-0.2, 0) is 5.41 Å². The molecule has 1 unspecified atom stereocenters. The monoisotopic (exact) mass is 912 g/mol. The molecule has 0 saturated carbocycles. The molecule has 72 heavy (non-hydrogen) atoms. The number of benzene rings is 11. The van der Waals surface area contributed by atoms with Crippen LogP contribution in [0.2, 0.25) is 0 Å². The SMILES string of the molecule is c1ccc(-c2ccc(-c3nc(-c4ccc(-c5ccccc5)cc4)nc(-c4ccc5c(c4)C4(c6ccccc6-n6c7ccccc7c7cccc4c76)c4cc6c7c(cccc7c4-5)-c4ccccc4-6)n3)cc2)cc1. The topological polar surface area (TPSA) is 43.6 Å². The lowest BCUT2D eigenvalue weighted by Gasteiger charge is -2.40. The highest BCUT2D eigenvalue weighted by molar-refractivity contribution is 6.22. The van der Waals surface area contributed by atoms with Crippen molar-refractivity contribution in [2.75, 3.05) is 0 Å². The van der Waals surface area contributed by atoms with Crippen LogP contribution in [0.3, 0.4) is 0 Å². The molecule has 3 heterocycles. The minimum absolute atomic E-state index is 0.626. The van der Waals surface area contributed by atoms with E-state index in [1.54, 1.807) is 0 Å². The maximum atomic E-state index is 5.41. The molecule has 0 saturated heterocycles. The third kappa shape index (κ3) is 5.33. The molecule has 2 aromatic heterocycles. The molecule has 0 N–H and O–H groups in total. The van der Waals surface area contributed by atoms with Crippen LogP contribution in [0.5, 0.6) is 0 Å². The average molecular weight is 913 g/mol. The Morgan fingerprint density at radius 2 is 0.792 bits per heavy atom. The Balaban J connectivity index is 0.973. The van der Waals surface area contributed by atoms with E-state index in [0.29, 0.717) is 17.5 Å². The van der Waals surface area contributed by atoms with E-state index in [-0.39, 0.29) is 0 Å². The number of aromatic nitrogens is 4. The van der Waals surface area contributed by atoms with Gasteiger partial charge in [0.25, 0.3) is 0 Å². The highest BCUT2D eigenvalue weighted by Crippen LogP contribution is 2.64. The summed E-state index contributed by atoms with van der Waals surface area (Å²) in [7, 11) is 0. The van der Waals surface area contributed by atoms with Crippen LogP contribution < -0.4 is 0 Å². The zero-order valence-corrected chi connectivity index (χ0v) is 38.9. The van der Waals surface area contributed by atoms with Crippen LogP contribution >= 0.6 is 0 Å². The van der Waals surface area contributed by atoms with Crippen LogP contribution in [0.4, 0.5) is 0 Å². The van der Waals surface area contributed by atoms with Gasteiger partial charge in [0, 0.05) is 27.5 Å². The molecule has 2 aliphatic carbocycles. The molecule has 0 bridgehead atoms. The maximum Gasteiger partial charge on any atom is 0.164 e. The fraction of sp³-hybridized carbons (Fsp3) is 0.0147. The Kier molecular flexibility index (Phi) is 8.06. The molecule has 1 spiro atoms. The smallest absolute Gasteiger partial charge is 0.164 e. The van der Waals surface area contributed by atoms with E-state index < -0.39 is 5.41 Å². The summed E-state index contributed by atoms with van der Waals surface area (Å²) in [5, 5.41) is 5.11. The van der Waals surface area contributed by atoms with Gasteiger partial charge in [0.15, 0.2) is 17.5 Å². The second-order valence-corrected chi connectivity index (χ2v) is 19.4. The Bertz CT molecular complexity index is 4320. The van der Waals surface area contributed by atoms with Crippen LogP contribution in [0.1, 0.15) is 22.3 Å². The molecule has 4 heteroatoms. The van der Waals surface area contributed by atoms with Crippen molar-refractivity contribution >= 4 is 32.6 Å². The van der Waals surface area contributed by atoms with Gasteiger partial charge in [0.2, 0.25) is 0 Å². The zero-order chi connectivity index (χ0) is 47.1. The highest BCUT2D eigenvalue weighted by atomic mass is 15.0. The van der Waals surface area contributed by atoms with Crippen LogP contribution in [0.25, 0.3) is 128 Å². The number of hydrogen-bond donors (Lipinski definition) is 0. The van der Waals surface area contributed by atoms with Crippen LogP contribution in [-0.4, -0.2) is 19.5 Å². The lowest BCUT2D eigenvalue weighted by Crippen LogP contribution is -2.33. The summed E-state index contributed by atoms with van der Waals surface area (Å²) in [6, 6.07) is 88.6. The molecule has 1 atom stereocenters. The Labute approximate surface area is 415 Å². The van der Waals surface area contributed by atoms with E-state index in [9.17, 15) is 0 Å². The molecule has 332 valence electrons. The Morgan fingerprint density at radius 1 is 0.292 bits per heavy atom. The quantitative estimate of drug-likeness (QED) is 0.173. The molecular weight excluding hydrogens is 873 g/mol. The van der Waals surface area contributed by atoms with Gasteiger partial charge in [0.1, 0.15) is 0 Å². The van der Waals surface area contributed by atoms with Crippen molar-refractivity contribution in [2.45, 2.75) is 5.41 Å². The fourth-order valence-electron chi connectivity index (χ4n) is 12.7. The van der Waals surface area contributed by atoms with Crippen molar-refractivity contribution in [1.82, 2.24) is 19.5 Å². The Hall–Kier alpha value is -9.51. The molecule has 16 rings (SSSR count). The van der Waals surface area contributed by atoms with Crippen molar-refractivity contribution in [3.8, 4) is 95.5 Å². The molecule has 13 aromatic rings. The second-order valence-electron chi connectivity index (χ2n) is 19.4. The fourth-order valence-corrected chi connectivity index (χ4v) is 12.7. The number of fused-ring (bicyclic) bond motifs is 16. The Morgan fingerprint density at radius 3 is 1.50 bits per heavy atom. The molecule has 0 fully saturated rings. The van der Waals surface area contributed by atoms with Gasteiger partial charge in [-0.2, -0.15) is 0 Å². The average Bonchev–Trinajstić information content (AvgIpc) is 4.08. The summed E-state index contributed by atoms with van der Waals surface area (Å²) < 4.78 is 2.52. The molecule has 0 radical (unpaired) electrons. The molecular formula is C68H40N4. The van der Waals surface area contributed by atoms with Crippen molar-refractivity contribution in [3.05, 3.63) is 265 Å². The van der Waals surface area contributed by atoms with E-state index in [1.165, 1.54) is 105 Å². The summed E-state index contributed by atoms with van der Waals surface area (Å²) in [5.74, 6) is 1.88. The standard InChI is InChI=1S/C68H40N4/c1-3-15-41(16-4-1)43-29-33-45(34-30-43)65-69-66(46-35-31-44(32-36-46)42-17-5-2-6-18-42)71-67(70-65)47-37-38-53-58(39-47)68(59-40-55-49-20-8-7-19-48(49)51-22-13-24-54(62(51)55)63(53)59)56-25-10-12-28-61(56)72-60-27-11-9-21-50(60)52-23-14-26-57(68)64(52)72/h1-40H. The normalized spacial score (nSPS) is 14.4. The summed E-state index contributed by atoms with van der Waals surface area (Å²) in [5.41, 5.74) is 23.1. The minimum Gasteiger partial charge on any atom is -0.309 e. The van der Waals surface area contributed by atoms with Gasteiger partial charge in [-0.05, 0) is 113 Å². The first-order chi connectivity index (χ1) is 35.7. The van der Waals surface area contributed by atoms with E-state index in [0.717, 1.165) is 27.8 Å². The first-order valence-corrected chi connectivity index (χ1v) is 24.8. The lowest BCUT2D eigenvalue weighted by molar-refractivity contribution is 0.749. The van der Waals surface area contributed by atoms with E-state index in [4.69, 9.17) is 15.0 Å². The van der Waals surface area contributed by atoms with Gasteiger partial charge in [-0.3, -0.25) is 0 Å². The number of rotatable bonds is 5. The van der Waals surface area contributed by atoms with Crippen LogP contribution in [0, 0.1) is 0 Å². The molecule has 11 aromatic carbocycles. The van der Waals surface area contributed by atoms with Crippen LogP contribution in [0.15, 0.2) is 243 Å². The van der Waals surface area contributed by atoms with Gasteiger partial charge in [-0.25, -0.2) is 15.0 Å². The van der Waals surface area contributed by atoms with Crippen molar-refractivity contribution in [1.29, 1.82) is 0 Å². The molecule has 4 nitrogen and oxygen atoms in total. The number of nitrogens with zero attached hydrogens (tertiary/aromatic N) is 4. The van der Waals surface area contributed by atoms with E-state index >= 15 is 0 Å². The van der Waals surface area contributed by atoms with Gasteiger partial charge in [-0.15, -0.1) is 0 Å². The molecule has 1 aliphatic heterocycles. The van der Waals surface area contributed by atoms with Gasteiger partial charge >= 0.3 is 0 Å². The largest absolute Gasteiger partial charge is 0.309 e. The summed E-state index contributed by atoms with van der Waals surface area (Å²) in [6.45, 7) is 0. The second kappa shape index (κ2) is 14.8. The minimum atomic E-state index is -0.696. The van der Waals surface area contributed by atoms with Crippen molar-refractivity contribution in [3.63, 3.8) is 0 Å². The van der Waals surface area contributed by atoms with E-state index in [1.807, 2.05) is 0 Å². The third-order valence-corrected chi connectivity index (χ3v) is 15.8. The highest BCUT2D eigenvalue weighted by Gasteiger charge is 2.52. The number of para-hydroxylation sites is 3. The maximum absolute atomic E-state index is 5.41. The lowest BCUT2D eigenvalue weighted by atomic mass is 9.65. The number of hydrogen-bond acceptors (Lipinski definition) is 3. The van der Waals surface area contributed by atoms with Crippen molar-refractivity contribution < 1.29 is 0 Å². The zero-order valence-electron chi connectivity index (χ0n) is 38.9. The van der Waals surface area contributed by atoms with Gasteiger partial charge < -0.3 is 4.57 Å².